The molecular weight excluding hydrogens is 164 g/mol. The fourth-order valence-electron chi connectivity index (χ4n) is 2.50. The number of carbonyl (C=O) groups excluding carboxylic acids is 1. The highest BCUT2D eigenvalue weighted by Gasteiger charge is 2.34. The lowest BCUT2D eigenvalue weighted by molar-refractivity contribution is -0.145. The molecule has 72 valence electrons. The van der Waals surface area contributed by atoms with Gasteiger partial charge in [-0.05, 0) is 36.7 Å². The summed E-state index contributed by atoms with van der Waals surface area (Å²) < 4.78 is 5.26. The van der Waals surface area contributed by atoms with Gasteiger partial charge in [-0.15, -0.1) is 0 Å². The van der Waals surface area contributed by atoms with Crippen LogP contribution in [0.25, 0.3) is 0 Å². The summed E-state index contributed by atoms with van der Waals surface area (Å²) in [5, 5.41) is 0. The van der Waals surface area contributed by atoms with Crippen LogP contribution in [-0.4, -0.2) is 12.1 Å². The van der Waals surface area contributed by atoms with Gasteiger partial charge in [0, 0.05) is 6.92 Å². The van der Waals surface area contributed by atoms with Crippen molar-refractivity contribution in [1.82, 2.24) is 0 Å². The van der Waals surface area contributed by atoms with Crippen LogP contribution in [0.15, 0.2) is 11.6 Å². The van der Waals surface area contributed by atoms with Gasteiger partial charge in [0.2, 0.25) is 0 Å². The van der Waals surface area contributed by atoms with Gasteiger partial charge in [-0.1, -0.05) is 13.0 Å². The highest BCUT2D eigenvalue weighted by atomic mass is 16.5. The molecule has 0 aromatic heterocycles. The monoisotopic (exact) mass is 180 g/mol. The van der Waals surface area contributed by atoms with E-state index >= 15 is 0 Å². The van der Waals surface area contributed by atoms with E-state index in [1.165, 1.54) is 18.9 Å². The summed E-state index contributed by atoms with van der Waals surface area (Å²) in [6, 6.07) is 0. The first-order valence-corrected chi connectivity index (χ1v) is 5.04. The quantitative estimate of drug-likeness (QED) is 0.457. The summed E-state index contributed by atoms with van der Waals surface area (Å²) in [7, 11) is 0. The zero-order valence-corrected chi connectivity index (χ0v) is 8.25. The van der Waals surface area contributed by atoms with Crippen LogP contribution >= 0.6 is 0 Å². The highest BCUT2D eigenvalue weighted by molar-refractivity contribution is 5.66. The third-order valence-corrected chi connectivity index (χ3v) is 3.20. The number of fused-ring (bicyclic) bond motifs is 1. The first kappa shape index (κ1) is 8.79. The Bertz CT molecular complexity index is 255. The van der Waals surface area contributed by atoms with Crippen molar-refractivity contribution in [2.75, 3.05) is 0 Å². The maximum absolute atomic E-state index is 10.8. The Hall–Kier alpha value is -0.790. The van der Waals surface area contributed by atoms with E-state index in [9.17, 15) is 4.79 Å². The summed E-state index contributed by atoms with van der Waals surface area (Å²) >= 11 is 0. The molecule has 2 rings (SSSR count). The number of carbonyl (C=O) groups is 1. The first-order chi connectivity index (χ1) is 6.16. The Morgan fingerprint density at radius 1 is 1.54 bits per heavy atom. The van der Waals surface area contributed by atoms with E-state index in [1.807, 2.05) is 0 Å². The van der Waals surface area contributed by atoms with E-state index in [0.29, 0.717) is 0 Å². The van der Waals surface area contributed by atoms with Crippen molar-refractivity contribution in [2.24, 2.45) is 11.8 Å². The van der Waals surface area contributed by atoms with Crippen molar-refractivity contribution in [2.45, 2.75) is 39.2 Å². The zero-order chi connectivity index (χ0) is 9.42. The van der Waals surface area contributed by atoms with Crippen molar-refractivity contribution < 1.29 is 9.53 Å². The van der Waals surface area contributed by atoms with Gasteiger partial charge in [-0.3, -0.25) is 4.79 Å². The van der Waals surface area contributed by atoms with Gasteiger partial charge < -0.3 is 4.74 Å². The molecule has 0 radical (unpaired) electrons. The van der Waals surface area contributed by atoms with Crippen LogP contribution < -0.4 is 0 Å². The largest absolute Gasteiger partial charge is 0.458 e. The molecule has 2 aliphatic rings. The summed E-state index contributed by atoms with van der Waals surface area (Å²) in [5.74, 6) is 1.36. The fraction of sp³-hybridized carbons (Fsp3) is 0.727. The maximum Gasteiger partial charge on any atom is 0.303 e. The van der Waals surface area contributed by atoms with E-state index in [0.717, 1.165) is 24.7 Å². The molecular formula is C11H16O2. The maximum atomic E-state index is 10.8. The van der Waals surface area contributed by atoms with Crippen LogP contribution in [0, 0.1) is 11.8 Å². The molecule has 0 spiro atoms. The molecule has 0 aromatic rings. The van der Waals surface area contributed by atoms with Crippen molar-refractivity contribution in [1.29, 1.82) is 0 Å². The molecule has 13 heavy (non-hydrogen) atoms. The zero-order valence-electron chi connectivity index (χ0n) is 8.25. The minimum absolute atomic E-state index is 0.0960. The topological polar surface area (TPSA) is 26.3 Å². The Labute approximate surface area is 79.0 Å². The Kier molecular flexibility index (Phi) is 2.14. The second-order valence-corrected chi connectivity index (χ2v) is 4.26. The lowest BCUT2D eigenvalue weighted by Gasteiger charge is -2.21. The predicted molar refractivity (Wildman–Crippen MR) is 50.1 cm³/mol. The first-order valence-electron chi connectivity index (χ1n) is 5.04. The summed E-state index contributed by atoms with van der Waals surface area (Å²) in [6.45, 7) is 3.77. The Morgan fingerprint density at radius 3 is 3.00 bits per heavy atom. The molecule has 2 aliphatic carbocycles. The van der Waals surface area contributed by atoms with E-state index in [-0.39, 0.29) is 12.1 Å². The predicted octanol–water partition coefficient (Wildman–Crippen LogP) is 2.29. The average Bonchev–Trinajstić information content (AvgIpc) is 2.34. The van der Waals surface area contributed by atoms with Crippen LogP contribution in [-0.2, 0) is 9.53 Å². The molecule has 3 unspecified atom stereocenters. The number of allylic oxidation sites excluding steroid dienone is 1. The fourth-order valence-corrected chi connectivity index (χ4v) is 2.50. The van der Waals surface area contributed by atoms with Gasteiger partial charge >= 0.3 is 5.97 Å². The second kappa shape index (κ2) is 3.17. The molecule has 2 bridgehead atoms. The van der Waals surface area contributed by atoms with E-state index in [2.05, 4.69) is 13.0 Å². The molecule has 0 aliphatic heterocycles. The number of esters is 1. The van der Waals surface area contributed by atoms with Crippen LogP contribution in [0.3, 0.4) is 0 Å². The van der Waals surface area contributed by atoms with Crippen molar-refractivity contribution in [3.05, 3.63) is 11.6 Å². The molecule has 2 heteroatoms. The van der Waals surface area contributed by atoms with Crippen LogP contribution in [0.1, 0.15) is 33.1 Å². The van der Waals surface area contributed by atoms with Gasteiger partial charge in [0.1, 0.15) is 6.10 Å². The standard InChI is InChI=1S/C11H16O2/c1-7-5-10-6-9(7)3-4-11(10)13-8(2)12/h6-7,9,11H,3-5H2,1-2H3. The third-order valence-electron chi connectivity index (χ3n) is 3.20. The van der Waals surface area contributed by atoms with Crippen LogP contribution in [0.4, 0.5) is 0 Å². The summed E-state index contributed by atoms with van der Waals surface area (Å²) in [6.07, 6.45) is 5.76. The SMILES string of the molecule is CC(=O)OC1CCC2C=C1CC2C. The number of hydrogen-bond donors (Lipinski definition) is 0. The average molecular weight is 180 g/mol. The smallest absolute Gasteiger partial charge is 0.303 e. The second-order valence-electron chi connectivity index (χ2n) is 4.26. The molecule has 0 amide bonds. The number of ether oxygens (including phenoxy) is 1. The normalized spacial score (nSPS) is 37.1. The van der Waals surface area contributed by atoms with Gasteiger partial charge in [0.25, 0.3) is 0 Å². The lowest BCUT2D eigenvalue weighted by Crippen LogP contribution is -2.20. The van der Waals surface area contributed by atoms with Crippen LogP contribution in [0.2, 0.25) is 0 Å². The molecule has 0 saturated heterocycles. The van der Waals surface area contributed by atoms with Gasteiger partial charge in [-0.2, -0.15) is 0 Å². The Balaban J connectivity index is 2.05. The molecule has 0 aromatic carbocycles. The highest BCUT2D eigenvalue weighted by Crippen LogP contribution is 2.41. The number of hydrogen-bond acceptors (Lipinski definition) is 2. The number of rotatable bonds is 1. The van der Waals surface area contributed by atoms with Crippen LogP contribution in [0.5, 0.6) is 0 Å². The van der Waals surface area contributed by atoms with Crippen molar-refractivity contribution in [3.8, 4) is 0 Å². The van der Waals surface area contributed by atoms with Crippen molar-refractivity contribution >= 4 is 5.97 Å². The minimum Gasteiger partial charge on any atom is -0.458 e. The van der Waals surface area contributed by atoms with Gasteiger partial charge in [-0.25, -0.2) is 0 Å². The molecule has 0 heterocycles. The van der Waals surface area contributed by atoms with E-state index in [4.69, 9.17) is 4.74 Å². The molecule has 2 nitrogen and oxygen atoms in total. The lowest BCUT2D eigenvalue weighted by atomic mass is 9.92. The van der Waals surface area contributed by atoms with Crippen molar-refractivity contribution in [3.63, 3.8) is 0 Å². The van der Waals surface area contributed by atoms with Gasteiger partial charge in [0.15, 0.2) is 0 Å². The minimum atomic E-state index is -0.149. The third kappa shape index (κ3) is 1.62. The van der Waals surface area contributed by atoms with E-state index < -0.39 is 0 Å². The molecule has 0 saturated carbocycles. The molecule has 0 fully saturated rings. The Morgan fingerprint density at radius 2 is 2.31 bits per heavy atom. The van der Waals surface area contributed by atoms with Gasteiger partial charge in [0.05, 0.1) is 0 Å². The molecule has 0 N–H and O–H groups in total. The molecule has 3 atom stereocenters. The van der Waals surface area contributed by atoms with E-state index in [1.54, 1.807) is 0 Å². The summed E-state index contributed by atoms with van der Waals surface area (Å²) in [5.41, 5.74) is 1.36. The summed E-state index contributed by atoms with van der Waals surface area (Å²) in [4.78, 5) is 10.8.